The normalized spacial score (nSPS) is 17.4. The number of nitrogens with one attached hydrogen (secondary N) is 3. The molecular weight excluding hydrogens is 340 g/mol. The molecule has 1 aliphatic carbocycles. The number of carbonyl (C=O) groups is 2. The molecule has 2 aliphatic rings. The van der Waals surface area contributed by atoms with Gasteiger partial charge in [0.2, 0.25) is 0 Å². The molecular formula is C17H23N4O3S+. The van der Waals surface area contributed by atoms with Gasteiger partial charge >= 0.3 is 11.8 Å². The van der Waals surface area contributed by atoms with Crippen LogP contribution in [0.15, 0.2) is 0 Å². The summed E-state index contributed by atoms with van der Waals surface area (Å²) < 4.78 is 5.29. The van der Waals surface area contributed by atoms with Gasteiger partial charge in [-0.3, -0.25) is 9.59 Å². The van der Waals surface area contributed by atoms with Crippen molar-refractivity contribution in [3.63, 3.8) is 0 Å². The van der Waals surface area contributed by atoms with E-state index in [0.717, 1.165) is 69.0 Å². The molecule has 3 N–H and O–H groups in total. The number of quaternary nitrogens is 1. The molecule has 134 valence electrons. The van der Waals surface area contributed by atoms with Crippen LogP contribution >= 0.6 is 11.3 Å². The van der Waals surface area contributed by atoms with Gasteiger partial charge in [0.05, 0.1) is 31.9 Å². The minimum Gasteiger partial charge on any atom is -0.370 e. The third-order valence-electron chi connectivity index (χ3n) is 4.68. The molecule has 0 radical (unpaired) electrons. The van der Waals surface area contributed by atoms with Gasteiger partial charge in [-0.1, -0.05) is 0 Å². The molecule has 0 atom stereocenters. The van der Waals surface area contributed by atoms with E-state index in [1.165, 1.54) is 16.2 Å². The van der Waals surface area contributed by atoms with Gasteiger partial charge in [-0.05, 0) is 31.2 Å². The molecule has 7 nitrogen and oxygen atoms in total. The summed E-state index contributed by atoms with van der Waals surface area (Å²) in [4.78, 5) is 26.6. The summed E-state index contributed by atoms with van der Waals surface area (Å²) >= 11 is 1.43. The number of nitrogens with zero attached hydrogens (tertiary/aromatic N) is 1. The first kappa shape index (κ1) is 17.9. The highest BCUT2D eigenvalue weighted by Gasteiger charge is 2.24. The van der Waals surface area contributed by atoms with Crippen LogP contribution in [0.25, 0.3) is 0 Å². The number of ether oxygens (including phenoxy) is 1. The Labute approximate surface area is 150 Å². The number of amides is 2. The second-order valence-electron chi connectivity index (χ2n) is 6.35. The van der Waals surface area contributed by atoms with E-state index in [-0.39, 0.29) is 0 Å². The van der Waals surface area contributed by atoms with Crippen LogP contribution < -0.4 is 15.5 Å². The number of hydrogen-bond acceptors (Lipinski definition) is 5. The van der Waals surface area contributed by atoms with E-state index in [0.29, 0.717) is 17.1 Å². The third-order valence-corrected chi connectivity index (χ3v) is 5.89. The topological polar surface area (TPSA) is 95.7 Å². The lowest BCUT2D eigenvalue weighted by atomic mass is 9.96. The number of aryl methyl sites for hydroxylation is 1. The first-order valence-corrected chi connectivity index (χ1v) is 9.56. The van der Waals surface area contributed by atoms with Crippen LogP contribution in [0.1, 0.15) is 28.8 Å². The quantitative estimate of drug-likeness (QED) is 0.627. The summed E-state index contributed by atoms with van der Waals surface area (Å²) in [5.41, 5.74) is 1.57. The van der Waals surface area contributed by atoms with Crippen molar-refractivity contribution in [3.05, 3.63) is 16.0 Å². The molecule has 1 aromatic rings. The zero-order valence-corrected chi connectivity index (χ0v) is 15.0. The maximum Gasteiger partial charge on any atom is 0.314 e. The number of rotatable bonds is 4. The first-order chi connectivity index (χ1) is 12.2. The number of carbonyl (C=O) groups excluding carboxylic acids is 2. The van der Waals surface area contributed by atoms with Crippen LogP contribution in [-0.2, 0) is 27.2 Å². The summed E-state index contributed by atoms with van der Waals surface area (Å²) in [6.07, 6.45) is 3.99. The lowest BCUT2D eigenvalue weighted by molar-refractivity contribution is -0.906. The Kier molecular flexibility index (Phi) is 6.02. The SMILES string of the molecule is N#Cc1c(NC(=O)C(=O)NCC[NH+]2CCOCC2)sc2c1CCCC2. The number of morpholine rings is 1. The number of hydrogen-bond donors (Lipinski definition) is 3. The predicted octanol–water partition coefficient (Wildman–Crippen LogP) is -0.532. The van der Waals surface area contributed by atoms with E-state index in [1.54, 1.807) is 0 Å². The van der Waals surface area contributed by atoms with Crippen LogP contribution in [0.4, 0.5) is 5.00 Å². The van der Waals surface area contributed by atoms with Crippen molar-refractivity contribution in [1.82, 2.24) is 5.32 Å². The standard InChI is InChI=1S/C17H22N4O3S/c18-11-13-12-3-1-2-4-14(12)25-17(13)20-16(23)15(22)19-5-6-21-7-9-24-10-8-21/h1-10H2,(H,19,22)(H,20,23)/p+1. The number of nitriles is 1. The minimum absolute atomic E-state index is 0.452. The largest absolute Gasteiger partial charge is 0.370 e. The number of anilines is 1. The van der Waals surface area contributed by atoms with Crippen LogP contribution in [0, 0.1) is 11.3 Å². The van der Waals surface area contributed by atoms with Crippen LogP contribution in [-0.4, -0.2) is 51.2 Å². The summed E-state index contributed by atoms with van der Waals surface area (Å²) in [5.74, 6) is -1.35. The molecule has 0 aromatic carbocycles. The Balaban J connectivity index is 1.52. The Morgan fingerprint density at radius 1 is 1.20 bits per heavy atom. The molecule has 0 unspecified atom stereocenters. The molecule has 0 spiro atoms. The Bertz CT molecular complexity index is 689. The van der Waals surface area contributed by atoms with Crippen molar-refractivity contribution in [2.24, 2.45) is 0 Å². The number of thiophene rings is 1. The molecule has 3 rings (SSSR count). The van der Waals surface area contributed by atoms with Crippen molar-refractivity contribution < 1.29 is 19.2 Å². The molecule has 25 heavy (non-hydrogen) atoms. The first-order valence-electron chi connectivity index (χ1n) is 8.74. The van der Waals surface area contributed by atoms with Crippen LogP contribution in [0.3, 0.4) is 0 Å². The molecule has 8 heteroatoms. The zero-order valence-electron chi connectivity index (χ0n) is 14.2. The van der Waals surface area contributed by atoms with E-state index in [2.05, 4.69) is 16.7 Å². The maximum absolute atomic E-state index is 12.1. The Hall–Kier alpha value is -1.95. The van der Waals surface area contributed by atoms with Gasteiger partial charge in [-0.2, -0.15) is 5.26 Å². The van der Waals surface area contributed by atoms with Gasteiger partial charge in [-0.25, -0.2) is 0 Å². The summed E-state index contributed by atoms with van der Waals surface area (Å²) in [7, 11) is 0. The molecule has 1 aromatic heterocycles. The van der Waals surface area contributed by atoms with E-state index >= 15 is 0 Å². The summed E-state index contributed by atoms with van der Waals surface area (Å²) in [5, 5.41) is 15.2. The molecule has 1 saturated heterocycles. The van der Waals surface area contributed by atoms with E-state index in [9.17, 15) is 14.9 Å². The molecule has 0 saturated carbocycles. The van der Waals surface area contributed by atoms with Gasteiger partial charge < -0.3 is 20.3 Å². The average molecular weight is 363 g/mol. The van der Waals surface area contributed by atoms with Gasteiger partial charge in [0, 0.05) is 4.88 Å². The van der Waals surface area contributed by atoms with Crippen molar-refractivity contribution in [1.29, 1.82) is 5.26 Å². The third kappa shape index (κ3) is 4.37. The average Bonchev–Trinajstić information content (AvgIpc) is 2.99. The van der Waals surface area contributed by atoms with Gasteiger partial charge in [0.1, 0.15) is 24.2 Å². The second-order valence-corrected chi connectivity index (χ2v) is 7.45. The maximum atomic E-state index is 12.1. The zero-order chi connectivity index (χ0) is 17.6. The minimum atomic E-state index is -0.702. The molecule has 1 fully saturated rings. The number of fused-ring (bicyclic) bond motifs is 1. The highest BCUT2D eigenvalue weighted by atomic mass is 32.1. The summed E-state index contributed by atoms with van der Waals surface area (Å²) in [6, 6.07) is 2.18. The molecule has 1 aliphatic heterocycles. The smallest absolute Gasteiger partial charge is 0.314 e. The lowest BCUT2D eigenvalue weighted by Crippen LogP contribution is -3.14. The molecule has 2 heterocycles. The monoisotopic (exact) mass is 363 g/mol. The lowest BCUT2D eigenvalue weighted by Gasteiger charge is -2.23. The Morgan fingerprint density at radius 2 is 1.96 bits per heavy atom. The fraction of sp³-hybridized carbons (Fsp3) is 0.588. The highest BCUT2D eigenvalue weighted by Crippen LogP contribution is 2.37. The van der Waals surface area contributed by atoms with Crippen molar-refractivity contribution in [3.8, 4) is 6.07 Å². The van der Waals surface area contributed by atoms with Gasteiger partial charge in [0.25, 0.3) is 0 Å². The molecule has 0 bridgehead atoms. The Morgan fingerprint density at radius 3 is 2.72 bits per heavy atom. The second kappa shape index (κ2) is 8.43. The van der Waals surface area contributed by atoms with E-state index < -0.39 is 11.8 Å². The van der Waals surface area contributed by atoms with Gasteiger partial charge in [0.15, 0.2) is 0 Å². The fourth-order valence-corrected chi connectivity index (χ4v) is 4.51. The molecule has 2 amide bonds. The summed E-state index contributed by atoms with van der Waals surface area (Å²) in [6.45, 7) is 4.56. The van der Waals surface area contributed by atoms with Gasteiger partial charge in [-0.15, -0.1) is 11.3 Å². The fourth-order valence-electron chi connectivity index (χ4n) is 3.28. The van der Waals surface area contributed by atoms with E-state index in [1.807, 2.05) is 0 Å². The van der Waals surface area contributed by atoms with E-state index in [4.69, 9.17) is 4.74 Å². The predicted molar refractivity (Wildman–Crippen MR) is 93.7 cm³/mol. The van der Waals surface area contributed by atoms with Crippen LogP contribution in [0.5, 0.6) is 0 Å². The van der Waals surface area contributed by atoms with Crippen molar-refractivity contribution in [2.75, 3.05) is 44.7 Å². The van der Waals surface area contributed by atoms with Crippen molar-refractivity contribution >= 4 is 28.2 Å². The van der Waals surface area contributed by atoms with Crippen molar-refractivity contribution in [2.45, 2.75) is 25.7 Å². The highest BCUT2D eigenvalue weighted by molar-refractivity contribution is 7.16. The van der Waals surface area contributed by atoms with Crippen LogP contribution in [0.2, 0.25) is 0 Å².